The highest BCUT2D eigenvalue weighted by Gasteiger charge is 2.44. The summed E-state index contributed by atoms with van der Waals surface area (Å²) in [5.74, 6) is -2.06. The van der Waals surface area contributed by atoms with Crippen LogP contribution in [0, 0.1) is 6.92 Å². The van der Waals surface area contributed by atoms with Crippen molar-refractivity contribution in [2.75, 3.05) is 39.3 Å². The highest BCUT2D eigenvalue weighted by atomic mass is 35.5. The molecule has 0 radical (unpaired) electrons. The Morgan fingerprint density at radius 2 is 1.55 bits per heavy atom. The maximum Gasteiger partial charge on any atom is 0.471 e. The second-order valence-electron chi connectivity index (χ2n) is 10.4. The average Bonchev–Trinajstić information content (AvgIpc) is 3.25. The first-order valence-corrected chi connectivity index (χ1v) is 14.4. The molecule has 7 nitrogen and oxygen atoms in total. The second kappa shape index (κ2) is 11.9. The van der Waals surface area contributed by atoms with Crippen molar-refractivity contribution in [1.29, 1.82) is 0 Å². The maximum atomic E-state index is 13.6. The molecule has 2 saturated heterocycles. The molecule has 0 N–H and O–H groups in total. The lowest BCUT2D eigenvalue weighted by molar-refractivity contribution is -0.187. The van der Waals surface area contributed by atoms with Crippen LogP contribution in [0.1, 0.15) is 34.2 Å². The number of hydrogen-bond donors (Lipinski definition) is 0. The Balaban J connectivity index is 1.36. The molecule has 42 heavy (non-hydrogen) atoms. The molecular formula is C29H27Cl3F3N5O2. The van der Waals surface area contributed by atoms with Gasteiger partial charge in [0, 0.05) is 60.9 Å². The number of likely N-dealkylation sites (tertiary alicyclic amines) is 1. The van der Waals surface area contributed by atoms with E-state index in [1.54, 1.807) is 39.9 Å². The van der Waals surface area contributed by atoms with Gasteiger partial charge in [-0.2, -0.15) is 18.3 Å². The smallest absolute Gasteiger partial charge is 0.334 e. The van der Waals surface area contributed by atoms with Crippen molar-refractivity contribution in [3.8, 4) is 5.69 Å². The van der Waals surface area contributed by atoms with Crippen LogP contribution in [-0.2, 0) is 4.79 Å². The first kappa shape index (κ1) is 30.4. The Hall–Kier alpha value is -3.05. The number of carbonyl (C=O) groups is 2. The molecule has 13 heteroatoms. The molecule has 2 aliphatic rings. The Bertz CT molecular complexity index is 1540. The lowest BCUT2D eigenvalue weighted by Crippen LogP contribution is -2.65. The third-order valence-corrected chi connectivity index (χ3v) is 8.39. The molecule has 0 saturated carbocycles. The van der Waals surface area contributed by atoms with Gasteiger partial charge < -0.3 is 9.80 Å². The summed E-state index contributed by atoms with van der Waals surface area (Å²) in [5.41, 5.74) is 3.99. The highest BCUT2D eigenvalue weighted by Crippen LogP contribution is 2.32. The van der Waals surface area contributed by atoms with Gasteiger partial charge >= 0.3 is 12.1 Å². The predicted molar refractivity (Wildman–Crippen MR) is 157 cm³/mol. The fraction of sp³-hybridized carbons (Fsp3) is 0.345. The topological polar surface area (TPSA) is 61.7 Å². The minimum absolute atomic E-state index is 0.00323. The van der Waals surface area contributed by atoms with Crippen LogP contribution >= 0.6 is 34.8 Å². The number of rotatable bonds is 5. The molecule has 5 rings (SSSR count). The van der Waals surface area contributed by atoms with Gasteiger partial charge in [0.05, 0.1) is 16.4 Å². The summed E-state index contributed by atoms with van der Waals surface area (Å²) < 4.78 is 40.0. The first-order chi connectivity index (χ1) is 19.8. The van der Waals surface area contributed by atoms with E-state index in [2.05, 4.69) is 0 Å². The number of allylic oxidation sites excluding steroid dienone is 1. The monoisotopic (exact) mass is 639 g/mol. The summed E-state index contributed by atoms with van der Waals surface area (Å²) in [4.78, 5) is 29.7. The molecule has 0 atom stereocenters. The van der Waals surface area contributed by atoms with Gasteiger partial charge in [0.2, 0.25) is 0 Å². The van der Waals surface area contributed by atoms with Crippen LogP contribution in [0.15, 0.2) is 42.5 Å². The van der Waals surface area contributed by atoms with Crippen molar-refractivity contribution >= 4 is 58.3 Å². The van der Waals surface area contributed by atoms with Gasteiger partial charge in [0.15, 0.2) is 5.69 Å². The Kier molecular flexibility index (Phi) is 8.63. The van der Waals surface area contributed by atoms with E-state index in [0.717, 1.165) is 16.0 Å². The normalized spacial score (nSPS) is 17.0. The van der Waals surface area contributed by atoms with Crippen LogP contribution in [0.3, 0.4) is 0 Å². The number of amides is 2. The predicted octanol–water partition coefficient (Wildman–Crippen LogP) is 6.23. The van der Waals surface area contributed by atoms with E-state index < -0.39 is 12.1 Å². The third kappa shape index (κ3) is 6.17. The molecule has 2 amide bonds. The van der Waals surface area contributed by atoms with E-state index in [0.29, 0.717) is 58.2 Å². The van der Waals surface area contributed by atoms with Crippen molar-refractivity contribution in [2.45, 2.75) is 26.1 Å². The first-order valence-electron chi connectivity index (χ1n) is 13.2. The quantitative estimate of drug-likeness (QED) is 0.332. The zero-order valence-corrected chi connectivity index (χ0v) is 25.0. The molecule has 2 aromatic carbocycles. The van der Waals surface area contributed by atoms with Gasteiger partial charge in [-0.3, -0.25) is 14.5 Å². The van der Waals surface area contributed by atoms with Gasteiger partial charge in [-0.15, -0.1) is 0 Å². The van der Waals surface area contributed by atoms with Crippen molar-refractivity contribution in [2.24, 2.45) is 0 Å². The molecule has 3 aromatic rings. The van der Waals surface area contributed by atoms with Crippen molar-refractivity contribution in [1.82, 2.24) is 24.5 Å². The fourth-order valence-electron chi connectivity index (χ4n) is 5.34. The zero-order chi connectivity index (χ0) is 30.3. The van der Waals surface area contributed by atoms with Gasteiger partial charge in [-0.05, 0) is 61.4 Å². The van der Waals surface area contributed by atoms with Crippen LogP contribution in [0.25, 0.3) is 17.3 Å². The zero-order valence-electron chi connectivity index (χ0n) is 22.8. The minimum Gasteiger partial charge on any atom is -0.334 e. The second-order valence-corrected chi connectivity index (χ2v) is 11.7. The number of aromatic nitrogens is 2. The molecule has 0 spiro atoms. The van der Waals surface area contributed by atoms with Crippen molar-refractivity contribution in [3.05, 3.63) is 80.0 Å². The third-order valence-electron chi connectivity index (χ3n) is 7.60. The van der Waals surface area contributed by atoms with E-state index in [-0.39, 0.29) is 30.7 Å². The summed E-state index contributed by atoms with van der Waals surface area (Å²) in [6.45, 7) is 5.21. The highest BCUT2D eigenvalue weighted by molar-refractivity contribution is 6.35. The maximum absolute atomic E-state index is 13.6. The molecule has 3 heterocycles. The lowest BCUT2D eigenvalue weighted by atomic mass is 10.0. The van der Waals surface area contributed by atoms with E-state index in [4.69, 9.17) is 39.9 Å². The fourth-order valence-corrected chi connectivity index (χ4v) is 5.95. The Morgan fingerprint density at radius 3 is 2.14 bits per heavy atom. The Morgan fingerprint density at radius 1 is 0.929 bits per heavy atom. The molecular weight excluding hydrogens is 614 g/mol. The van der Waals surface area contributed by atoms with E-state index in [1.807, 2.05) is 37.0 Å². The van der Waals surface area contributed by atoms with Crippen LogP contribution < -0.4 is 0 Å². The molecule has 222 valence electrons. The van der Waals surface area contributed by atoms with Crippen molar-refractivity contribution in [3.63, 3.8) is 0 Å². The number of hydrogen-bond acceptors (Lipinski definition) is 4. The lowest BCUT2D eigenvalue weighted by Gasteiger charge is -2.48. The molecule has 2 aliphatic heterocycles. The van der Waals surface area contributed by atoms with E-state index in [1.165, 1.54) is 0 Å². The van der Waals surface area contributed by atoms with Gasteiger partial charge in [-0.25, -0.2) is 4.68 Å². The summed E-state index contributed by atoms with van der Waals surface area (Å²) in [6.07, 6.45) is -2.90. The standard InChI is InChI=1S/C29H27Cl3F3N5O2/c1-17(13-19-3-5-20(30)6-4-19)26-18(2)25(36-40(26)24-8-7-21(31)14-23(24)32)27(41)39-15-22(16-39)37-9-11-38(12-10-37)28(42)29(33,34)35/h3-8,13-14,22H,9-12,15-16H2,1-2H3/b17-13+. The molecule has 0 unspecified atom stereocenters. The Labute approximate surface area is 256 Å². The number of halogens is 6. The molecule has 2 fully saturated rings. The largest absolute Gasteiger partial charge is 0.471 e. The number of nitrogens with zero attached hydrogens (tertiary/aromatic N) is 5. The van der Waals surface area contributed by atoms with Crippen molar-refractivity contribution < 1.29 is 22.8 Å². The molecule has 1 aromatic heterocycles. The van der Waals surface area contributed by atoms with Gasteiger partial charge in [0.1, 0.15) is 0 Å². The molecule has 0 bridgehead atoms. The minimum atomic E-state index is -4.87. The molecule has 0 aliphatic carbocycles. The SMILES string of the molecule is C/C(=C\c1ccc(Cl)cc1)c1c(C)c(C(=O)N2CC(N3CCN(C(=O)C(F)(F)F)CC3)C2)nn1-c1ccc(Cl)cc1Cl. The number of benzene rings is 2. The van der Waals surface area contributed by atoms with Crippen LogP contribution in [-0.4, -0.2) is 87.8 Å². The van der Waals surface area contributed by atoms with Gasteiger partial charge in [0.25, 0.3) is 5.91 Å². The number of piperazine rings is 1. The van der Waals surface area contributed by atoms with Crippen LogP contribution in [0.4, 0.5) is 13.2 Å². The summed E-state index contributed by atoms with van der Waals surface area (Å²) in [6, 6.07) is 12.4. The summed E-state index contributed by atoms with van der Waals surface area (Å²) in [7, 11) is 0. The average molecular weight is 641 g/mol. The number of alkyl halides is 3. The van der Waals surface area contributed by atoms with Crippen LogP contribution in [0.5, 0.6) is 0 Å². The van der Waals surface area contributed by atoms with Crippen LogP contribution in [0.2, 0.25) is 15.1 Å². The summed E-state index contributed by atoms with van der Waals surface area (Å²) in [5, 5.41) is 6.17. The van der Waals surface area contributed by atoms with E-state index >= 15 is 0 Å². The summed E-state index contributed by atoms with van der Waals surface area (Å²) >= 11 is 18.7. The van der Waals surface area contributed by atoms with Gasteiger partial charge in [-0.1, -0.05) is 46.9 Å². The number of carbonyl (C=O) groups excluding carboxylic acids is 2. The van der Waals surface area contributed by atoms with E-state index in [9.17, 15) is 22.8 Å².